The molecule has 1 fully saturated rings. The van der Waals surface area contributed by atoms with Gasteiger partial charge in [-0.05, 0) is 43.2 Å². The van der Waals surface area contributed by atoms with E-state index in [0.717, 1.165) is 30.8 Å². The molecule has 0 saturated heterocycles. The normalized spacial score (nSPS) is 13.9. The number of pyridine rings is 1. The van der Waals surface area contributed by atoms with Gasteiger partial charge >= 0.3 is 6.18 Å². The molecule has 4 rings (SSSR count). The number of amides is 1. The highest BCUT2D eigenvalue weighted by molar-refractivity contribution is 6.05. The maximum absolute atomic E-state index is 13.1. The first kappa shape index (κ1) is 19.9. The lowest BCUT2D eigenvalue weighted by molar-refractivity contribution is -0.137. The number of alkyl halides is 3. The molecule has 0 bridgehead atoms. The molecule has 1 aliphatic rings. The number of aromatic nitrogens is 3. The summed E-state index contributed by atoms with van der Waals surface area (Å²) in [6, 6.07) is 8.48. The SMILES string of the molecule is CN(C)c1ccc(NC(=O)c2cnn(-c3cccc(C(F)(F)F)c3)c2C2CC2)cn1. The van der Waals surface area contributed by atoms with Crippen molar-refractivity contribution >= 4 is 17.4 Å². The number of nitrogens with zero attached hydrogens (tertiary/aromatic N) is 4. The van der Waals surface area contributed by atoms with Gasteiger partial charge in [-0.3, -0.25) is 4.79 Å². The van der Waals surface area contributed by atoms with Crippen LogP contribution in [0.4, 0.5) is 24.7 Å². The average Bonchev–Trinajstić information content (AvgIpc) is 3.45. The molecular weight excluding hydrogens is 395 g/mol. The van der Waals surface area contributed by atoms with E-state index in [-0.39, 0.29) is 17.5 Å². The maximum Gasteiger partial charge on any atom is 0.416 e. The quantitative estimate of drug-likeness (QED) is 0.667. The number of anilines is 2. The molecule has 9 heteroatoms. The Balaban J connectivity index is 1.64. The molecule has 1 aliphatic carbocycles. The van der Waals surface area contributed by atoms with Gasteiger partial charge in [0.25, 0.3) is 5.91 Å². The van der Waals surface area contributed by atoms with Crippen LogP contribution in [0.1, 0.15) is 40.4 Å². The molecule has 1 saturated carbocycles. The van der Waals surface area contributed by atoms with Crippen molar-refractivity contribution in [1.29, 1.82) is 0 Å². The van der Waals surface area contributed by atoms with E-state index in [4.69, 9.17) is 0 Å². The van der Waals surface area contributed by atoms with Crippen LogP contribution in [-0.4, -0.2) is 34.8 Å². The first-order valence-corrected chi connectivity index (χ1v) is 9.44. The zero-order valence-electron chi connectivity index (χ0n) is 16.4. The molecule has 6 nitrogen and oxygen atoms in total. The van der Waals surface area contributed by atoms with Gasteiger partial charge < -0.3 is 10.2 Å². The monoisotopic (exact) mass is 415 g/mol. The van der Waals surface area contributed by atoms with Crippen molar-refractivity contribution in [2.24, 2.45) is 0 Å². The number of rotatable bonds is 5. The predicted octanol–water partition coefficient (Wildman–Crippen LogP) is 4.48. The van der Waals surface area contributed by atoms with Gasteiger partial charge in [-0.2, -0.15) is 18.3 Å². The molecule has 0 atom stereocenters. The van der Waals surface area contributed by atoms with Crippen molar-refractivity contribution in [3.05, 3.63) is 65.6 Å². The van der Waals surface area contributed by atoms with E-state index in [9.17, 15) is 18.0 Å². The smallest absolute Gasteiger partial charge is 0.363 e. The molecule has 3 aromatic rings. The van der Waals surface area contributed by atoms with Crippen LogP contribution < -0.4 is 10.2 Å². The second-order valence-electron chi connectivity index (χ2n) is 7.43. The third kappa shape index (κ3) is 4.00. The lowest BCUT2D eigenvalue weighted by Gasteiger charge is -2.13. The fourth-order valence-electron chi connectivity index (χ4n) is 3.23. The molecule has 1 amide bonds. The molecule has 30 heavy (non-hydrogen) atoms. The summed E-state index contributed by atoms with van der Waals surface area (Å²) >= 11 is 0. The number of nitrogens with one attached hydrogen (secondary N) is 1. The highest BCUT2D eigenvalue weighted by Crippen LogP contribution is 2.43. The van der Waals surface area contributed by atoms with Crippen LogP contribution >= 0.6 is 0 Å². The van der Waals surface area contributed by atoms with Crippen LogP contribution in [0.25, 0.3) is 5.69 Å². The fraction of sp³-hybridized carbons (Fsp3) is 0.286. The van der Waals surface area contributed by atoms with E-state index in [1.807, 2.05) is 19.0 Å². The molecule has 0 unspecified atom stereocenters. The minimum absolute atomic E-state index is 0.0945. The summed E-state index contributed by atoms with van der Waals surface area (Å²) in [5.41, 5.74) is 1.04. The first-order valence-electron chi connectivity index (χ1n) is 9.44. The molecule has 2 aromatic heterocycles. The minimum Gasteiger partial charge on any atom is -0.363 e. The number of carbonyl (C=O) groups is 1. The second kappa shape index (κ2) is 7.47. The van der Waals surface area contributed by atoms with Crippen molar-refractivity contribution in [3.63, 3.8) is 0 Å². The maximum atomic E-state index is 13.1. The summed E-state index contributed by atoms with van der Waals surface area (Å²) in [4.78, 5) is 19.0. The Kier molecular flexibility index (Phi) is 4.97. The Labute approximate surface area is 171 Å². The summed E-state index contributed by atoms with van der Waals surface area (Å²) in [5.74, 6) is 0.482. The number of halogens is 3. The van der Waals surface area contributed by atoms with E-state index in [2.05, 4.69) is 15.4 Å². The van der Waals surface area contributed by atoms with Crippen molar-refractivity contribution < 1.29 is 18.0 Å². The molecule has 1 aromatic carbocycles. The summed E-state index contributed by atoms with van der Waals surface area (Å²) in [6.45, 7) is 0. The molecule has 156 valence electrons. The van der Waals surface area contributed by atoms with Crippen LogP contribution in [0.3, 0.4) is 0 Å². The van der Waals surface area contributed by atoms with Gasteiger partial charge in [0.05, 0.1) is 40.6 Å². The van der Waals surface area contributed by atoms with Crippen LogP contribution in [0, 0.1) is 0 Å². The fourth-order valence-corrected chi connectivity index (χ4v) is 3.23. The molecule has 2 heterocycles. The Morgan fingerprint density at radius 3 is 2.53 bits per heavy atom. The zero-order valence-corrected chi connectivity index (χ0v) is 16.4. The predicted molar refractivity (Wildman–Crippen MR) is 107 cm³/mol. The molecule has 0 radical (unpaired) electrons. The lowest BCUT2D eigenvalue weighted by Crippen LogP contribution is -2.15. The third-order valence-corrected chi connectivity index (χ3v) is 4.90. The Morgan fingerprint density at radius 1 is 1.17 bits per heavy atom. The standard InChI is InChI=1S/C21H20F3N5O/c1-28(2)18-9-8-15(11-25-18)27-20(30)17-12-26-29(19(17)13-6-7-13)16-5-3-4-14(10-16)21(22,23)24/h3-5,8-13H,6-7H2,1-2H3,(H,27,30). The van der Waals surface area contributed by atoms with E-state index in [0.29, 0.717) is 16.9 Å². The summed E-state index contributed by atoms with van der Waals surface area (Å²) < 4.78 is 40.8. The topological polar surface area (TPSA) is 63.1 Å². The Hall–Kier alpha value is -3.36. The minimum atomic E-state index is -4.45. The third-order valence-electron chi connectivity index (χ3n) is 4.90. The van der Waals surface area contributed by atoms with Crippen LogP contribution in [-0.2, 0) is 6.18 Å². The van der Waals surface area contributed by atoms with E-state index >= 15 is 0 Å². The van der Waals surface area contributed by atoms with E-state index < -0.39 is 11.7 Å². The summed E-state index contributed by atoms with van der Waals surface area (Å²) in [6.07, 6.45) is 0.245. The van der Waals surface area contributed by atoms with Gasteiger partial charge in [-0.1, -0.05) is 6.07 Å². The summed E-state index contributed by atoms with van der Waals surface area (Å²) in [7, 11) is 3.73. The molecule has 0 aliphatic heterocycles. The zero-order chi connectivity index (χ0) is 21.5. The van der Waals surface area contributed by atoms with Gasteiger partial charge in [-0.15, -0.1) is 0 Å². The molecular formula is C21H20F3N5O. The molecule has 0 spiro atoms. The van der Waals surface area contributed by atoms with E-state index in [1.165, 1.54) is 16.9 Å². The lowest BCUT2D eigenvalue weighted by atomic mass is 10.1. The summed E-state index contributed by atoms with van der Waals surface area (Å²) in [5, 5.41) is 7.03. The van der Waals surface area contributed by atoms with Gasteiger partial charge in [0.15, 0.2) is 0 Å². The number of carbonyl (C=O) groups excluding carboxylic acids is 1. The van der Waals surface area contributed by atoms with E-state index in [1.54, 1.807) is 24.4 Å². The van der Waals surface area contributed by atoms with Crippen molar-refractivity contribution in [3.8, 4) is 5.69 Å². The highest BCUT2D eigenvalue weighted by Gasteiger charge is 2.34. The Morgan fingerprint density at radius 2 is 1.93 bits per heavy atom. The largest absolute Gasteiger partial charge is 0.416 e. The van der Waals surface area contributed by atoms with Crippen molar-refractivity contribution in [2.75, 3.05) is 24.3 Å². The van der Waals surface area contributed by atoms with Crippen LogP contribution in [0.2, 0.25) is 0 Å². The van der Waals surface area contributed by atoms with Crippen molar-refractivity contribution in [1.82, 2.24) is 14.8 Å². The van der Waals surface area contributed by atoms with Gasteiger partial charge in [0.2, 0.25) is 0 Å². The van der Waals surface area contributed by atoms with Crippen LogP contribution in [0.5, 0.6) is 0 Å². The van der Waals surface area contributed by atoms with Crippen molar-refractivity contribution in [2.45, 2.75) is 24.9 Å². The van der Waals surface area contributed by atoms with Gasteiger partial charge in [0.1, 0.15) is 5.82 Å². The van der Waals surface area contributed by atoms with Crippen LogP contribution in [0.15, 0.2) is 48.8 Å². The average molecular weight is 415 g/mol. The number of hydrogen-bond acceptors (Lipinski definition) is 4. The number of benzene rings is 1. The highest BCUT2D eigenvalue weighted by atomic mass is 19.4. The van der Waals surface area contributed by atoms with Gasteiger partial charge in [0, 0.05) is 20.0 Å². The second-order valence-corrected chi connectivity index (χ2v) is 7.43. The van der Waals surface area contributed by atoms with Gasteiger partial charge in [-0.25, -0.2) is 9.67 Å². The molecule has 1 N–H and O–H groups in total. The number of hydrogen-bond donors (Lipinski definition) is 1. The first-order chi connectivity index (χ1) is 14.2. The Bertz CT molecular complexity index is 1070.